The van der Waals surface area contributed by atoms with Gasteiger partial charge in [0, 0.05) is 32.1 Å². The van der Waals surface area contributed by atoms with E-state index in [2.05, 4.69) is 15.4 Å². The minimum atomic E-state index is -0.128. The molecule has 2 aromatic rings. The molecule has 0 spiro atoms. The minimum Gasteiger partial charge on any atom is -0.376 e. The second-order valence-corrected chi connectivity index (χ2v) is 5.46. The fourth-order valence-corrected chi connectivity index (χ4v) is 2.59. The van der Waals surface area contributed by atoms with Gasteiger partial charge >= 0.3 is 6.03 Å². The fraction of sp³-hybridized carbons (Fsp3) is 0.438. The topological polar surface area (TPSA) is 72.3 Å². The number of carbonyl (C=O) groups is 1. The Hall–Kier alpha value is -2.41. The number of nitrogens with one attached hydrogen (secondary N) is 1. The van der Waals surface area contributed by atoms with Crippen LogP contribution in [0.5, 0.6) is 0 Å². The van der Waals surface area contributed by atoms with Crippen LogP contribution in [0.3, 0.4) is 0 Å². The molecule has 1 fully saturated rings. The highest BCUT2D eigenvalue weighted by molar-refractivity contribution is 5.89. The summed E-state index contributed by atoms with van der Waals surface area (Å²) in [4.78, 5) is 18.4. The maximum absolute atomic E-state index is 12.4. The third kappa shape index (κ3) is 3.87. The number of hydrogen-bond acceptors (Lipinski definition) is 4. The smallest absolute Gasteiger partial charge is 0.321 e. The van der Waals surface area contributed by atoms with Gasteiger partial charge in [-0.2, -0.15) is 5.10 Å². The van der Waals surface area contributed by atoms with Crippen LogP contribution in [-0.4, -0.2) is 51.5 Å². The van der Waals surface area contributed by atoms with E-state index < -0.39 is 0 Å². The van der Waals surface area contributed by atoms with Gasteiger partial charge in [0.1, 0.15) is 0 Å². The summed E-state index contributed by atoms with van der Waals surface area (Å²) in [6, 6.07) is 5.35. The number of anilines is 1. The summed E-state index contributed by atoms with van der Waals surface area (Å²) in [5.41, 5.74) is 0.664. The van der Waals surface area contributed by atoms with Gasteiger partial charge in [0.15, 0.2) is 5.82 Å². The van der Waals surface area contributed by atoms with Crippen molar-refractivity contribution < 1.29 is 9.53 Å². The largest absolute Gasteiger partial charge is 0.376 e. The molecule has 3 heterocycles. The predicted molar refractivity (Wildman–Crippen MR) is 86.6 cm³/mol. The van der Waals surface area contributed by atoms with Crippen molar-refractivity contribution in [3.05, 3.63) is 36.8 Å². The fourth-order valence-electron chi connectivity index (χ4n) is 2.59. The molecule has 122 valence electrons. The minimum absolute atomic E-state index is 0.128. The zero-order valence-electron chi connectivity index (χ0n) is 13.2. The highest BCUT2D eigenvalue weighted by Gasteiger charge is 2.21. The van der Waals surface area contributed by atoms with E-state index in [9.17, 15) is 4.79 Å². The van der Waals surface area contributed by atoms with Crippen LogP contribution in [0.25, 0.3) is 5.82 Å². The molecule has 2 amide bonds. The predicted octanol–water partition coefficient (Wildman–Crippen LogP) is 2.30. The number of amides is 2. The molecular weight excluding hydrogens is 294 g/mol. The van der Waals surface area contributed by atoms with Gasteiger partial charge < -0.3 is 15.0 Å². The second-order valence-electron chi connectivity index (χ2n) is 5.46. The molecule has 1 aliphatic heterocycles. The first-order valence-electron chi connectivity index (χ1n) is 7.90. The van der Waals surface area contributed by atoms with Crippen molar-refractivity contribution in [2.24, 2.45) is 0 Å². The van der Waals surface area contributed by atoms with E-state index >= 15 is 0 Å². The quantitative estimate of drug-likeness (QED) is 0.919. The lowest BCUT2D eigenvalue weighted by molar-refractivity contribution is 0.0849. The summed E-state index contributed by atoms with van der Waals surface area (Å²) in [6.45, 7) is 4.03. The monoisotopic (exact) mass is 315 g/mol. The number of aromatic nitrogens is 3. The lowest BCUT2D eigenvalue weighted by Crippen LogP contribution is -2.40. The molecule has 1 N–H and O–H groups in total. The van der Waals surface area contributed by atoms with Crippen LogP contribution in [0, 0.1) is 0 Å². The molecule has 0 bridgehead atoms. The van der Waals surface area contributed by atoms with Gasteiger partial charge in [-0.1, -0.05) is 0 Å². The van der Waals surface area contributed by atoms with Crippen LogP contribution < -0.4 is 5.32 Å². The molecule has 2 aromatic heterocycles. The Balaban J connectivity index is 1.59. The zero-order valence-corrected chi connectivity index (χ0v) is 13.2. The molecule has 0 aromatic carbocycles. The molecule has 0 radical (unpaired) electrons. The van der Waals surface area contributed by atoms with Crippen LogP contribution in [0.2, 0.25) is 0 Å². The van der Waals surface area contributed by atoms with Crippen molar-refractivity contribution in [1.82, 2.24) is 19.7 Å². The van der Waals surface area contributed by atoms with Crippen molar-refractivity contribution in [3.63, 3.8) is 0 Å². The Kier molecular flexibility index (Phi) is 4.87. The van der Waals surface area contributed by atoms with Crippen molar-refractivity contribution in [1.29, 1.82) is 0 Å². The molecule has 0 aliphatic carbocycles. The van der Waals surface area contributed by atoms with Crippen LogP contribution >= 0.6 is 0 Å². The molecular formula is C16H21N5O2. The summed E-state index contributed by atoms with van der Waals surface area (Å²) < 4.78 is 7.27. The third-order valence-corrected chi connectivity index (χ3v) is 3.86. The number of ether oxygens (including phenoxy) is 1. The maximum atomic E-state index is 12.4. The van der Waals surface area contributed by atoms with Gasteiger partial charge in [-0.05, 0) is 38.0 Å². The lowest BCUT2D eigenvalue weighted by atomic mass is 10.2. The van der Waals surface area contributed by atoms with Crippen LogP contribution in [0.15, 0.2) is 36.8 Å². The van der Waals surface area contributed by atoms with Gasteiger partial charge in [0.05, 0.1) is 18.0 Å². The van der Waals surface area contributed by atoms with Gasteiger partial charge in [-0.25, -0.2) is 14.5 Å². The number of likely N-dealkylation sites (N-methyl/N-ethyl adjacent to an activating group) is 1. The Morgan fingerprint density at radius 1 is 1.52 bits per heavy atom. The van der Waals surface area contributed by atoms with E-state index in [1.54, 1.807) is 22.0 Å². The van der Waals surface area contributed by atoms with Crippen molar-refractivity contribution >= 4 is 11.7 Å². The average Bonchev–Trinajstić information content (AvgIpc) is 3.27. The molecule has 1 unspecified atom stereocenters. The molecule has 1 saturated heterocycles. The maximum Gasteiger partial charge on any atom is 0.321 e. The number of pyridine rings is 1. The van der Waals surface area contributed by atoms with Crippen LogP contribution in [0.4, 0.5) is 10.5 Å². The number of nitrogens with zero attached hydrogens (tertiary/aromatic N) is 4. The highest BCUT2D eigenvalue weighted by Crippen LogP contribution is 2.15. The molecule has 1 aliphatic rings. The van der Waals surface area contributed by atoms with Gasteiger partial charge in [0.25, 0.3) is 0 Å². The van der Waals surface area contributed by atoms with Crippen molar-refractivity contribution in [2.75, 3.05) is 25.0 Å². The summed E-state index contributed by atoms with van der Waals surface area (Å²) in [7, 11) is 0. The van der Waals surface area contributed by atoms with Gasteiger partial charge in [-0.3, -0.25) is 0 Å². The number of urea groups is 1. The van der Waals surface area contributed by atoms with E-state index in [1.165, 1.54) is 0 Å². The second kappa shape index (κ2) is 7.23. The highest BCUT2D eigenvalue weighted by atomic mass is 16.5. The third-order valence-electron chi connectivity index (χ3n) is 3.86. The summed E-state index contributed by atoms with van der Waals surface area (Å²) in [6.07, 6.45) is 7.39. The average molecular weight is 315 g/mol. The number of rotatable bonds is 5. The SMILES string of the molecule is CCN(CC1CCCO1)C(=O)Nc1ccc(-n2cccn2)nc1. The first-order valence-corrected chi connectivity index (χ1v) is 7.90. The Morgan fingerprint density at radius 3 is 3.04 bits per heavy atom. The van der Waals surface area contributed by atoms with E-state index in [0.29, 0.717) is 24.6 Å². The van der Waals surface area contributed by atoms with E-state index in [0.717, 1.165) is 19.4 Å². The Labute approximate surface area is 135 Å². The zero-order chi connectivity index (χ0) is 16.1. The van der Waals surface area contributed by atoms with E-state index in [4.69, 9.17) is 4.74 Å². The lowest BCUT2D eigenvalue weighted by Gasteiger charge is -2.24. The molecule has 0 saturated carbocycles. The summed E-state index contributed by atoms with van der Waals surface area (Å²) >= 11 is 0. The van der Waals surface area contributed by atoms with Gasteiger partial charge in [-0.15, -0.1) is 0 Å². The first-order chi connectivity index (χ1) is 11.3. The summed E-state index contributed by atoms with van der Waals surface area (Å²) in [5, 5.41) is 7.00. The Bertz CT molecular complexity index is 620. The molecule has 7 nitrogen and oxygen atoms in total. The number of carbonyl (C=O) groups excluding carboxylic acids is 1. The standard InChI is InChI=1S/C16H21N5O2/c1-2-20(12-14-5-3-10-23-14)16(22)19-13-6-7-15(17-11-13)21-9-4-8-18-21/h4,6-9,11,14H,2-3,5,10,12H2,1H3,(H,19,22). The molecule has 7 heteroatoms. The number of hydrogen-bond donors (Lipinski definition) is 1. The van der Waals surface area contributed by atoms with Crippen molar-refractivity contribution in [3.8, 4) is 5.82 Å². The molecule has 3 rings (SSSR count). The van der Waals surface area contributed by atoms with Crippen molar-refractivity contribution in [2.45, 2.75) is 25.9 Å². The first kappa shape index (κ1) is 15.5. The molecule has 23 heavy (non-hydrogen) atoms. The summed E-state index contributed by atoms with van der Waals surface area (Å²) in [5.74, 6) is 0.708. The normalized spacial score (nSPS) is 17.2. The van der Waals surface area contributed by atoms with E-state index in [-0.39, 0.29) is 12.1 Å². The van der Waals surface area contributed by atoms with E-state index in [1.807, 2.05) is 31.3 Å². The van der Waals surface area contributed by atoms with Crippen LogP contribution in [0.1, 0.15) is 19.8 Å². The molecule has 1 atom stereocenters. The van der Waals surface area contributed by atoms with Gasteiger partial charge in [0.2, 0.25) is 0 Å². The Morgan fingerprint density at radius 2 is 2.43 bits per heavy atom. The van der Waals surface area contributed by atoms with Crippen LogP contribution in [-0.2, 0) is 4.74 Å².